The molecule has 0 aliphatic heterocycles. The van der Waals surface area contributed by atoms with E-state index in [9.17, 15) is 23.1 Å². The first kappa shape index (κ1) is 30.4. The molecule has 0 unspecified atom stereocenters. The van der Waals surface area contributed by atoms with E-state index in [1.807, 2.05) is 18.2 Å². The molecule has 5 nitrogen and oxygen atoms in total. The van der Waals surface area contributed by atoms with Gasteiger partial charge in [0, 0.05) is 23.8 Å². The van der Waals surface area contributed by atoms with Crippen molar-refractivity contribution in [1.29, 1.82) is 0 Å². The molecule has 0 spiro atoms. The van der Waals surface area contributed by atoms with Gasteiger partial charge in [-0.05, 0) is 91.3 Å². The molecule has 1 saturated carbocycles. The number of nitrogens with one attached hydrogen (secondary N) is 1. The molecule has 0 amide bonds. The second-order valence-electron chi connectivity index (χ2n) is 11.9. The van der Waals surface area contributed by atoms with Gasteiger partial charge in [-0.1, -0.05) is 67.8 Å². The fraction of sp³-hybridized carbons (Fsp3) is 0.297. The summed E-state index contributed by atoms with van der Waals surface area (Å²) < 4.78 is 40.8. The Morgan fingerprint density at radius 1 is 0.844 bits per heavy atom. The van der Waals surface area contributed by atoms with Gasteiger partial charge >= 0.3 is 12.1 Å². The van der Waals surface area contributed by atoms with Crippen molar-refractivity contribution in [3.8, 4) is 11.4 Å². The second-order valence-corrected chi connectivity index (χ2v) is 11.9. The molecule has 0 bridgehead atoms. The lowest BCUT2D eigenvalue weighted by Gasteiger charge is -2.25. The van der Waals surface area contributed by atoms with Crippen molar-refractivity contribution >= 4 is 22.7 Å². The van der Waals surface area contributed by atoms with Gasteiger partial charge in [0.05, 0.1) is 22.2 Å². The van der Waals surface area contributed by atoms with Crippen LogP contribution in [0.4, 0.5) is 18.9 Å². The Balaban J connectivity index is 1.09. The van der Waals surface area contributed by atoms with Crippen molar-refractivity contribution in [2.75, 3.05) is 5.32 Å². The number of benzene rings is 4. The normalized spacial score (nSPS) is 14.1. The summed E-state index contributed by atoms with van der Waals surface area (Å²) in [5, 5.41) is 12.8. The topological polar surface area (TPSA) is 67.2 Å². The van der Waals surface area contributed by atoms with E-state index in [2.05, 4.69) is 46.3 Å². The van der Waals surface area contributed by atoms with Gasteiger partial charge in [0.25, 0.3) is 0 Å². The number of imidazole rings is 1. The van der Waals surface area contributed by atoms with Gasteiger partial charge in [-0.3, -0.25) is 0 Å². The van der Waals surface area contributed by atoms with E-state index in [1.54, 1.807) is 12.1 Å². The van der Waals surface area contributed by atoms with Crippen LogP contribution in [0.2, 0.25) is 0 Å². The second kappa shape index (κ2) is 13.2. The Kier molecular flexibility index (Phi) is 8.92. The van der Waals surface area contributed by atoms with Crippen LogP contribution in [0.15, 0.2) is 91.0 Å². The maximum absolute atomic E-state index is 12.8. The number of carbonyl (C=O) groups is 1. The Morgan fingerprint density at radius 3 is 2.27 bits per heavy atom. The third kappa shape index (κ3) is 7.22. The van der Waals surface area contributed by atoms with Crippen LogP contribution in [-0.4, -0.2) is 20.6 Å². The summed E-state index contributed by atoms with van der Waals surface area (Å²) in [5.41, 5.74) is 6.51. The molecule has 2 N–H and O–H groups in total. The van der Waals surface area contributed by atoms with E-state index >= 15 is 0 Å². The lowest BCUT2D eigenvalue weighted by Crippen LogP contribution is -2.14. The number of hydrogen-bond donors (Lipinski definition) is 2. The highest BCUT2D eigenvalue weighted by Gasteiger charge is 2.30. The summed E-state index contributed by atoms with van der Waals surface area (Å²) in [4.78, 5) is 16.5. The largest absolute Gasteiger partial charge is 0.478 e. The minimum absolute atomic E-state index is 0.248. The predicted octanol–water partition coefficient (Wildman–Crippen LogP) is 9.71. The number of alkyl halides is 3. The zero-order valence-corrected chi connectivity index (χ0v) is 25.0. The van der Waals surface area contributed by atoms with Gasteiger partial charge in [0.2, 0.25) is 0 Å². The average Bonchev–Trinajstić information content (AvgIpc) is 3.43. The van der Waals surface area contributed by atoms with Crippen LogP contribution in [0, 0.1) is 0 Å². The van der Waals surface area contributed by atoms with Gasteiger partial charge in [-0.2, -0.15) is 13.2 Å². The molecule has 232 valence electrons. The Bertz CT molecular complexity index is 1770. The van der Waals surface area contributed by atoms with E-state index in [-0.39, 0.29) is 5.56 Å². The number of halogens is 3. The van der Waals surface area contributed by atoms with Crippen LogP contribution < -0.4 is 5.32 Å². The quantitative estimate of drug-likeness (QED) is 0.165. The van der Waals surface area contributed by atoms with Gasteiger partial charge in [-0.15, -0.1) is 0 Å². The molecule has 0 radical (unpaired) electrons. The highest BCUT2D eigenvalue weighted by molar-refractivity contribution is 5.93. The van der Waals surface area contributed by atoms with E-state index in [0.29, 0.717) is 12.6 Å². The minimum Gasteiger partial charge on any atom is -0.478 e. The summed E-state index contributed by atoms with van der Waals surface area (Å²) in [6.45, 7) is 0.448. The number of carboxylic acids is 1. The Hall–Kier alpha value is -4.59. The molecule has 1 aliphatic carbocycles. The lowest BCUT2D eigenvalue weighted by atomic mass is 9.94. The summed E-state index contributed by atoms with van der Waals surface area (Å²) in [6, 6.07) is 27.6. The van der Waals surface area contributed by atoms with Crippen molar-refractivity contribution in [1.82, 2.24) is 9.55 Å². The van der Waals surface area contributed by atoms with E-state index in [1.165, 1.54) is 42.5 Å². The Morgan fingerprint density at radius 2 is 1.56 bits per heavy atom. The van der Waals surface area contributed by atoms with Crippen LogP contribution in [0.3, 0.4) is 0 Å². The number of nitrogens with zero attached hydrogens (tertiary/aromatic N) is 2. The first-order valence-electron chi connectivity index (χ1n) is 15.6. The third-order valence-electron chi connectivity index (χ3n) is 8.72. The average molecular weight is 612 g/mol. The minimum atomic E-state index is -4.33. The van der Waals surface area contributed by atoms with E-state index in [0.717, 1.165) is 77.9 Å². The fourth-order valence-electron chi connectivity index (χ4n) is 6.31. The first-order chi connectivity index (χ1) is 21.7. The van der Waals surface area contributed by atoms with Crippen LogP contribution in [0.1, 0.15) is 77.2 Å². The summed E-state index contributed by atoms with van der Waals surface area (Å²) in [5.74, 6) is -0.0530. The van der Waals surface area contributed by atoms with Gasteiger partial charge in [0.15, 0.2) is 0 Å². The van der Waals surface area contributed by atoms with Crippen LogP contribution in [0.5, 0.6) is 0 Å². The third-order valence-corrected chi connectivity index (χ3v) is 8.72. The number of carboxylic acid groups (broad SMARTS) is 1. The molecule has 45 heavy (non-hydrogen) atoms. The zero-order valence-electron chi connectivity index (χ0n) is 25.0. The molecule has 8 heteroatoms. The number of aryl methyl sites for hydroxylation is 2. The van der Waals surface area contributed by atoms with Crippen molar-refractivity contribution in [3.05, 3.63) is 119 Å². The van der Waals surface area contributed by atoms with Crippen LogP contribution in [-0.2, 0) is 25.6 Å². The Labute approximate surface area is 260 Å². The number of anilines is 1. The number of aromatic carboxylic acids is 1. The van der Waals surface area contributed by atoms with E-state index in [4.69, 9.17) is 4.98 Å². The number of aromatic nitrogens is 2. The van der Waals surface area contributed by atoms with Gasteiger partial charge < -0.3 is 15.0 Å². The highest BCUT2D eigenvalue weighted by Crippen LogP contribution is 2.36. The molecule has 4 aromatic carbocycles. The lowest BCUT2D eigenvalue weighted by molar-refractivity contribution is -0.137. The standard InChI is InChI=1S/C37H36F3N3O2/c38-37(39,40)30-19-14-27(15-20-30)24-41-31-9-5-8-26(22-31)7-4-6-25-12-16-28(17-13-25)35-42-33-23-29(36(44)45)18-21-34(33)43(35)32-10-2-1-3-11-32/h5,8-9,12-23,32,41H,1-4,6-7,10-11,24H2,(H,44,45). The molecule has 1 fully saturated rings. The molecule has 1 aliphatic rings. The summed E-state index contributed by atoms with van der Waals surface area (Å²) >= 11 is 0. The smallest absolute Gasteiger partial charge is 0.416 e. The van der Waals surface area contributed by atoms with Crippen molar-refractivity contribution < 1.29 is 23.1 Å². The van der Waals surface area contributed by atoms with Gasteiger partial charge in [-0.25, -0.2) is 9.78 Å². The molecular formula is C37H36F3N3O2. The fourth-order valence-corrected chi connectivity index (χ4v) is 6.31. The molecule has 5 aromatic rings. The maximum atomic E-state index is 12.8. The van der Waals surface area contributed by atoms with Crippen molar-refractivity contribution in [2.24, 2.45) is 0 Å². The summed E-state index contributed by atoms with van der Waals surface area (Å²) in [7, 11) is 0. The highest BCUT2D eigenvalue weighted by atomic mass is 19.4. The SMILES string of the molecule is O=C(O)c1ccc2c(c1)nc(-c1ccc(CCCc3cccc(NCc4ccc(C(F)(F)F)cc4)c3)cc1)n2C1CCCCC1. The monoisotopic (exact) mass is 611 g/mol. The predicted molar refractivity (Wildman–Crippen MR) is 171 cm³/mol. The maximum Gasteiger partial charge on any atom is 0.416 e. The molecule has 6 rings (SSSR count). The van der Waals surface area contributed by atoms with Crippen molar-refractivity contribution in [3.63, 3.8) is 0 Å². The first-order valence-corrected chi connectivity index (χ1v) is 15.6. The van der Waals surface area contributed by atoms with Gasteiger partial charge in [0.1, 0.15) is 5.82 Å². The zero-order chi connectivity index (χ0) is 31.4. The molecule has 0 saturated heterocycles. The molecule has 1 aromatic heterocycles. The molecule has 1 heterocycles. The van der Waals surface area contributed by atoms with E-state index < -0.39 is 17.7 Å². The number of rotatable bonds is 10. The van der Waals surface area contributed by atoms with Crippen LogP contribution >= 0.6 is 0 Å². The number of fused-ring (bicyclic) bond motifs is 1. The van der Waals surface area contributed by atoms with Crippen molar-refractivity contribution in [2.45, 2.75) is 70.1 Å². The van der Waals surface area contributed by atoms with Crippen LogP contribution in [0.25, 0.3) is 22.4 Å². The number of hydrogen-bond acceptors (Lipinski definition) is 3. The molecule has 0 atom stereocenters. The molecular weight excluding hydrogens is 575 g/mol. The summed E-state index contributed by atoms with van der Waals surface area (Å²) in [6.07, 6.45) is 4.30.